The molecule has 0 spiro atoms. The van der Waals surface area contributed by atoms with E-state index in [0.717, 1.165) is 49.8 Å². The van der Waals surface area contributed by atoms with Gasteiger partial charge in [0.1, 0.15) is 5.75 Å². The van der Waals surface area contributed by atoms with Gasteiger partial charge in [0, 0.05) is 30.4 Å². The number of methoxy groups -OCH3 is 1. The van der Waals surface area contributed by atoms with Crippen LogP contribution in [-0.4, -0.2) is 29.5 Å². The van der Waals surface area contributed by atoms with Crippen LogP contribution in [0, 0.1) is 34.5 Å². The first kappa shape index (κ1) is 24.9. The van der Waals surface area contributed by atoms with E-state index in [2.05, 4.69) is 32.1 Å². The van der Waals surface area contributed by atoms with E-state index in [-0.39, 0.29) is 28.6 Å². The summed E-state index contributed by atoms with van der Waals surface area (Å²) in [5, 5.41) is 7.18. The summed E-state index contributed by atoms with van der Waals surface area (Å²) >= 11 is 6.55. The van der Waals surface area contributed by atoms with Gasteiger partial charge in [-0.3, -0.25) is 9.59 Å². The molecule has 0 N–H and O–H groups in total. The zero-order valence-corrected chi connectivity index (χ0v) is 23.1. The molecule has 0 radical (unpaired) electrons. The molecular weight excluding hydrogens is 484 g/mol. The van der Waals surface area contributed by atoms with Crippen molar-refractivity contribution >= 4 is 29.0 Å². The highest BCUT2D eigenvalue weighted by Crippen LogP contribution is 2.67. The predicted molar refractivity (Wildman–Crippen MR) is 145 cm³/mol. The van der Waals surface area contributed by atoms with Gasteiger partial charge in [-0.15, -0.1) is 0 Å². The topological polar surface area (TPSA) is 59.0 Å². The van der Waals surface area contributed by atoms with Gasteiger partial charge >= 0.3 is 0 Å². The van der Waals surface area contributed by atoms with E-state index in [1.54, 1.807) is 25.1 Å². The summed E-state index contributed by atoms with van der Waals surface area (Å²) < 4.78 is 5.34. The summed E-state index contributed by atoms with van der Waals surface area (Å²) in [6, 6.07) is 8.00. The molecule has 1 amide bonds. The summed E-state index contributed by atoms with van der Waals surface area (Å²) in [4.78, 5) is 24.9. The second-order valence-corrected chi connectivity index (χ2v) is 12.7. The second kappa shape index (κ2) is 8.83. The maximum Gasteiger partial charge on any atom is 0.240 e. The Morgan fingerprint density at radius 3 is 2.57 bits per heavy atom. The lowest BCUT2D eigenvalue weighted by molar-refractivity contribution is -0.130. The Hall–Kier alpha value is -2.40. The fourth-order valence-electron chi connectivity index (χ4n) is 8.95. The highest BCUT2D eigenvalue weighted by Gasteiger charge is 2.60. The zero-order chi connectivity index (χ0) is 26.1. The Kier molecular flexibility index (Phi) is 5.94. The van der Waals surface area contributed by atoms with E-state index >= 15 is 0 Å². The molecule has 7 atom stereocenters. The highest BCUT2D eigenvalue weighted by atomic mass is 35.5. The molecule has 3 saturated carbocycles. The van der Waals surface area contributed by atoms with Gasteiger partial charge in [-0.05, 0) is 91.0 Å². The minimum atomic E-state index is -0.108. The number of carbonyl (C=O) groups excluding carboxylic acids is 2. The van der Waals surface area contributed by atoms with Crippen molar-refractivity contribution in [2.45, 2.75) is 71.8 Å². The fourth-order valence-corrected chi connectivity index (χ4v) is 9.31. The summed E-state index contributed by atoms with van der Waals surface area (Å²) in [6.45, 7) is 6.42. The molecule has 1 aliphatic heterocycles. The number of hydrazone groups is 1. The van der Waals surface area contributed by atoms with Crippen LogP contribution in [0.15, 0.2) is 52.1 Å². The molecule has 5 nitrogen and oxygen atoms in total. The van der Waals surface area contributed by atoms with E-state index in [1.807, 2.05) is 12.1 Å². The lowest BCUT2D eigenvalue weighted by Crippen LogP contribution is -2.50. The third-order valence-electron chi connectivity index (χ3n) is 10.8. The Balaban J connectivity index is 1.27. The molecule has 0 bridgehead atoms. The third-order valence-corrected chi connectivity index (χ3v) is 11.2. The highest BCUT2D eigenvalue weighted by molar-refractivity contribution is 6.45. The van der Waals surface area contributed by atoms with Crippen LogP contribution in [0.3, 0.4) is 0 Å². The molecule has 1 aromatic rings. The minimum Gasteiger partial charge on any atom is -0.497 e. The summed E-state index contributed by atoms with van der Waals surface area (Å²) in [5.74, 6) is 2.97. The SMILES string of the molecule is COc1ccc(C2CC([C@H]3CC[C@H]4[C@@H]5CCC6=C(Cl)C(=O)C=C[C@]6(C)[C@H]5CC[C@]34C)=NN2C(C)=O)cc1. The molecule has 196 valence electrons. The number of amides is 1. The molecule has 0 aromatic heterocycles. The molecule has 5 aliphatic rings. The number of ether oxygens (including phenoxy) is 1. The quantitative estimate of drug-likeness (QED) is 0.438. The number of halogens is 1. The summed E-state index contributed by atoms with van der Waals surface area (Å²) in [6.07, 6.45) is 11.3. The number of hydrogen-bond donors (Lipinski definition) is 0. The van der Waals surface area contributed by atoms with Crippen LogP contribution >= 0.6 is 11.6 Å². The van der Waals surface area contributed by atoms with Crippen molar-refractivity contribution in [3.8, 4) is 5.75 Å². The van der Waals surface area contributed by atoms with Gasteiger partial charge < -0.3 is 4.74 Å². The van der Waals surface area contributed by atoms with Crippen LogP contribution in [0.25, 0.3) is 0 Å². The number of nitrogens with zero attached hydrogens (tertiary/aromatic N) is 2. The van der Waals surface area contributed by atoms with Gasteiger partial charge in [-0.25, -0.2) is 5.01 Å². The average Bonchev–Trinajstić information content (AvgIpc) is 3.48. The Labute approximate surface area is 225 Å². The standard InChI is InChI=1S/C31H37ClN2O3/c1-18(35)34-27(19-5-7-20(37-4)8-6-19)17-26(33-34)24-12-11-22-21-9-10-25-29(32)28(36)14-16-31(25,3)23(21)13-15-30(22,24)2/h5-8,14,16,21-24,27H,9-13,15,17H2,1-4H3/t21-,22-,23-,24+,27?,30-,31+/m0/s1. The Morgan fingerprint density at radius 1 is 1.11 bits per heavy atom. The molecule has 1 aromatic carbocycles. The minimum absolute atomic E-state index is 0.00532. The lowest BCUT2D eigenvalue weighted by atomic mass is 9.47. The van der Waals surface area contributed by atoms with Crippen molar-refractivity contribution < 1.29 is 14.3 Å². The number of fused-ring (bicyclic) bond motifs is 5. The van der Waals surface area contributed by atoms with Crippen LogP contribution in [0.5, 0.6) is 5.75 Å². The normalized spacial score (nSPS) is 38.7. The molecule has 1 heterocycles. The molecule has 0 saturated heterocycles. The second-order valence-electron chi connectivity index (χ2n) is 12.3. The first-order valence-corrected chi connectivity index (χ1v) is 14.2. The van der Waals surface area contributed by atoms with Gasteiger partial charge in [0.25, 0.3) is 0 Å². The van der Waals surface area contributed by atoms with Crippen LogP contribution < -0.4 is 4.74 Å². The molecule has 4 aliphatic carbocycles. The van der Waals surface area contributed by atoms with Crippen LogP contribution in [-0.2, 0) is 9.59 Å². The maximum absolute atomic E-state index is 12.6. The van der Waals surface area contributed by atoms with E-state index in [9.17, 15) is 9.59 Å². The number of rotatable bonds is 3. The third kappa shape index (κ3) is 3.67. The van der Waals surface area contributed by atoms with Crippen LogP contribution in [0.4, 0.5) is 0 Å². The van der Waals surface area contributed by atoms with Crippen molar-refractivity contribution in [3.05, 3.63) is 52.6 Å². The van der Waals surface area contributed by atoms with E-state index in [4.69, 9.17) is 21.4 Å². The van der Waals surface area contributed by atoms with E-state index < -0.39 is 0 Å². The van der Waals surface area contributed by atoms with Crippen molar-refractivity contribution in [3.63, 3.8) is 0 Å². The van der Waals surface area contributed by atoms with Gasteiger partial charge in [0.05, 0.1) is 18.2 Å². The zero-order valence-electron chi connectivity index (χ0n) is 22.3. The summed E-state index contributed by atoms with van der Waals surface area (Å²) in [7, 11) is 1.67. The maximum atomic E-state index is 12.6. The molecule has 6 heteroatoms. The van der Waals surface area contributed by atoms with Crippen molar-refractivity contribution in [1.82, 2.24) is 5.01 Å². The monoisotopic (exact) mass is 520 g/mol. The average molecular weight is 521 g/mol. The number of carbonyl (C=O) groups is 2. The first-order valence-electron chi connectivity index (χ1n) is 13.8. The summed E-state index contributed by atoms with van der Waals surface area (Å²) in [5.41, 5.74) is 3.55. The Bertz CT molecular complexity index is 1230. The molecule has 3 fully saturated rings. The van der Waals surface area contributed by atoms with Gasteiger partial charge in [-0.1, -0.05) is 43.7 Å². The number of hydrogen-bond acceptors (Lipinski definition) is 4. The number of benzene rings is 1. The van der Waals surface area contributed by atoms with Crippen LogP contribution in [0.1, 0.15) is 77.3 Å². The van der Waals surface area contributed by atoms with Crippen LogP contribution in [0.2, 0.25) is 0 Å². The Morgan fingerprint density at radius 2 is 1.86 bits per heavy atom. The van der Waals surface area contributed by atoms with Gasteiger partial charge in [0.15, 0.2) is 5.78 Å². The predicted octanol–water partition coefficient (Wildman–Crippen LogP) is 6.84. The van der Waals surface area contributed by atoms with Crippen molar-refractivity contribution in [1.29, 1.82) is 0 Å². The molecule has 6 rings (SSSR count). The van der Waals surface area contributed by atoms with E-state index in [1.165, 1.54) is 17.7 Å². The van der Waals surface area contributed by atoms with E-state index in [0.29, 0.717) is 28.7 Å². The van der Waals surface area contributed by atoms with Crippen molar-refractivity contribution in [2.75, 3.05) is 7.11 Å². The largest absolute Gasteiger partial charge is 0.497 e. The first-order chi connectivity index (χ1) is 17.7. The smallest absolute Gasteiger partial charge is 0.240 e. The number of allylic oxidation sites excluding steroid dienone is 4. The number of ketones is 1. The molecular formula is C31H37ClN2O3. The molecule has 37 heavy (non-hydrogen) atoms. The lowest BCUT2D eigenvalue weighted by Gasteiger charge is -2.57. The van der Waals surface area contributed by atoms with Crippen molar-refractivity contribution in [2.24, 2.45) is 39.6 Å². The van der Waals surface area contributed by atoms with Gasteiger partial charge in [0.2, 0.25) is 5.91 Å². The fraction of sp³-hybridized carbons (Fsp3) is 0.581. The molecule has 1 unspecified atom stereocenters. The van der Waals surface area contributed by atoms with Gasteiger partial charge in [-0.2, -0.15) is 5.10 Å².